The van der Waals surface area contributed by atoms with Crippen LogP contribution in [-0.2, 0) is 42.6 Å². The molecule has 0 amide bonds. The van der Waals surface area contributed by atoms with Crippen molar-refractivity contribution in [2.75, 3.05) is 26.4 Å². The first-order valence-corrected chi connectivity index (χ1v) is 26.3. The standard InChI is InChI=1S/C50H82O22/c1-20(18-64-44-40(60)38(58)34(54)29(16-51)68-44)8-13-50(63)21(2)32-28(72-50)15-27-25-7-6-23-14-24(9-11-48(23,4)26(25)10-12-49(27,32)5)67-47-43(71-45-41(61)37(57)33(53)22(3)66-45)36(56)31(19-65-47)70-46-42(62)39(59)35(55)30(17-52)69-46/h6,20-22,24-47,51-63H,7-19H2,1-5H3. The Kier molecular flexibility index (Phi) is 16.7. The minimum Gasteiger partial charge on any atom is -0.394 e. The van der Waals surface area contributed by atoms with Gasteiger partial charge in [-0.1, -0.05) is 39.3 Å². The van der Waals surface area contributed by atoms with Gasteiger partial charge in [0.2, 0.25) is 0 Å². The molecule has 5 heterocycles. The number of aliphatic hydroxyl groups is 13. The lowest BCUT2D eigenvalue weighted by atomic mass is 9.47. The lowest BCUT2D eigenvalue weighted by Gasteiger charge is -2.58. The fourth-order valence-corrected chi connectivity index (χ4v) is 14.7. The minimum absolute atomic E-state index is 0.0460. The fourth-order valence-electron chi connectivity index (χ4n) is 14.7. The highest BCUT2D eigenvalue weighted by Gasteiger charge is 2.68. The van der Waals surface area contributed by atoms with Gasteiger partial charge in [-0.25, -0.2) is 0 Å². The SMILES string of the molecule is CC(CCC1(O)OC2CC3C4CC=C5CC(OC6OCC(OC7OC(CO)C(O)C(O)C7O)C(O)C6OC6OC(C)C(O)C(O)C6O)CCC5(C)C4CCC3(C)C2C1C)COC1OC(CO)C(O)C(O)C1O. The van der Waals surface area contributed by atoms with E-state index in [4.69, 9.17) is 42.6 Å². The maximum absolute atomic E-state index is 12.1. The van der Waals surface area contributed by atoms with Gasteiger partial charge in [-0.3, -0.25) is 0 Å². The molecule has 0 radical (unpaired) electrons. The van der Waals surface area contributed by atoms with Gasteiger partial charge in [0, 0.05) is 12.3 Å². The molecule has 30 atom stereocenters. The Hall–Kier alpha value is -1.14. The number of ether oxygens (including phenoxy) is 9. The summed E-state index contributed by atoms with van der Waals surface area (Å²) in [7, 11) is 0. The number of rotatable bonds is 14. The third-order valence-electron chi connectivity index (χ3n) is 19.1. The van der Waals surface area contributed by atoms with Crippen molar-refractivity contribution >= 4 is 0 Å². The number of hydrogen-bond acceptors (Lipinski definition) is 22. The summed E-state index contributed by atoms with van der Waals surface area (Å²) in [6.07, 6.45) is -18.9. The Bertz CT molecular complexity index is 1860. The Morgan fingerprint density at radius 1 is 0.694 bits per heavy atom. The summed E-state index contributed by atoms with van der Waals surface area (Å²) < 4.78 is 54.2. The van der Waals surface area contributed by atoms with Gasteiger partial charge >= 0.3 is 0 Å². The van der Waals surface area contributed by atoms with E-state index in [9.17, 15) is 66.4 Å². The van der Waals surface area contributed by atoms with Crippen molar-refractivity contribution in [1.29, 1.82) is 0 Å². The Labute approximate surface area is 419 Å². The zero-order valence-electron chi connectivity index (χ0n) is 41.8. The Balaban J connectivity index is 0.829. The molecule has 0 aromatic rings. The largest absolute Gasteiger partial charge is 0.394 e. The van der Waals surface area contributed by atoms with E-state index in [-0.39, 0.29) is 54.0 Å². The Morgan fingerprint density at radius 2 is 1.32 bits per heavy atom. The monoisotopic (exact) mass is 1030 g/mol. The molecule has 22 nitrogen and oxygen atoms in total. The second kappa shape index (κ2) is 21.6. The molecule has 72 heavy (non-hydrogen) atoms. The molecule has 0 aromatic carbocycles. The molecule has 22 heteroatoms. The fraction of sp³-hybridized carbons (Fsp3) is 0.960. The molecule has 5 saturated heterocycles. The summed E-state index contributed by atoms with van der Waals surface area (Å²) in [5.41, 5.74) is 1.14. The second-order valence-corrected chi connectivity index (χ2v) is 23.4. The summed E-state index contributed by atoms with van der Waals surface area (Å²) in [6.45, 7) is 8.94. The molecule has 0 bridgehead atoms. The van der Waals surface area contributed by atoms with Crippen molar-refractivity contribution < 1.29 is 109 Å². The summed E-state index contributed by atoms with van der Waals surface area (Å²) in [5.74, 6) is -0.145. The highest BCUT2D eigenvalue weighted by Crippen LogP contribution is 2.70. The van der Waals surface area contributed by atoms with Crippen LogP contribution < -0.4 is 0 Å². The van der Waals surface area contributed by atoms with E-state index in [0.717, 1.165) is 32.1 Å². The minimum atomic E-state index is -1.76. The summed E-state index contributed by atoms with van der Waals surface area (Å²) >= 11 is 0. The predicted molar refractivity (Wildman–Crippen MR) is 244 cm³/mol. The first kappa shape index (κ1) is 55.6. The number of hydrogen-bond donors (Lipinski definition) is 13. The van der Waals surface area contributed by atoms with E-state index in [1.54, 1.807) is 0 Å². The summed E-state index contributed by atoms with van der Waals surface area (Å²) in [5, 5.41) is 137. The van der Waals surface area contributed by atoms with Gasteiger partial charge in [0.25, 0.3) is 0 Å². The first-order valence-electron chi connectivity index (χ1n) is 26.3. The van der Waals surface area contributed by atoms with Crippen LogP contribution in [0, 0.1) is 46.3 Å². The molecule has 30 unspecified atom stereocenters. The molecule has 0 spiro atoms. The third-order valence-corrected chi connectivity index (χ3v) is 19.1. The topological polar surface area (TPSA) is 346 Å². The van der Waals surface area contributed by atoms with Crippen molar-refractivity contribution in [3.8, 4) is 0 Å². The van der Waals surface area contributed by atoms with E-state index in [1.165, 1.54) is 12.5 Å². The molecule has 4 aliphatic carbocycles. The van der Waals surface area contributed by atoms with Crippen LogP contribution >= 0.6 is 0 Å². The van der Waals surface area contributed by atoms with Crippen molar-refractivity contribution in [3.63, 3.8) is 0 Å². The van der Waals surface area contributed by atoms with Gasteiger partial charge in [0.1, 0.15) is 85.5 Å². The highest BCUT2D eigenvalue weighted by atomic mass is 16.8. The van der Waals surface area contributed by atoms with Crippen molar-refractivity contribution in [2.45, 2.75) is 227 Å². The van der Waals surface area contributed by atoms with Gasteiger partial charge in [0.15, 0.2) is 30.9 Å². The van der Waals surface area contributed by atoms with E-state index in [0.29, 0.717) is 43.4 Å². The molecule has 13 N–H and O–H groups in total. The molecule has 3 saturated carbocycles. The molecule has 5 aliphatic heterocycles. The molecule has 9 rings (SSSR count). The second-order valence-electron chi connectivity index (χ2n) is 23.4. The Morgan fingerprint density at radius 3 is 1.99 bits per heavy atom. The summed E-state index contributed by atoms with van der Waals surface area (Å²) in [6, 6.07) is 0. The van der Waals surface area contributed by atoms with Crippen LogP contribution in [0.2, 0.25) is 0 Å². The van der Waals surface area contributed by atoms with Gasteiger partial charge in [0.05, 0.1) is 44.7 Å². The predicted octanol–water partition coefficient (Wildman–Crippen LogP) is -2.37. The molecule has 8 fully saturated rings. The first-order chi connectivity index (χ1) is 34.0. The van der Waals surface area contributed by atoms with Crippen molar-refractivity contribution in [2.24, 2.45) is 46.3 Å². The van der Waals surface area contributed by atoms with Crippen LogP contribution in [0.3, 0.4) is 0 Å². The van der Waals surface area contributed by atoms with Crippen LogP contribution in [0.5, 0.6) is 0 Å². The quantitative estimate of drug-likeness (QED) is 0.0809. The van der Waals surface area contributed by atoms with E-state index < -0.39 is 136 Å². The zero-order valence-corrected chi connectivity index (χ0v) is 41.8. The smallest absolute Gasteiger partial charge is 0.187 e. The van der Waals surface area contributed by atoms with Crippen LogP contribution in [0.15, 0.2) is 11.6 Å². The average molecular weight is 1040 g/mol. The van der Waals surface area contributed by atoms with Crippen molar-refractivity contribution in [3.05, 3.63) is 11.6 Å². The summed E-state index contributed by atoms with van der Waals surface area (Å²) in [4.78, 5) is 0. The van der Waals surface area contributed by atoms with Gasteiger partial charge < -0.3 is 109 Å². The lowest BCUT2D eigenvalue weighted by Crippen LogP contribution is -2.64. The zero-order chi connectivity index (χ0) is 51.9. The average Bonchev–Trinajstić information content (AvgIpc) is 3.80. The van der Waals surface area contributed by atoms with Crippen LogP contribution in [0.1, 0.15) is 92.4 Å². The van der Waals surface area contributed by atoms with E-state index in [2.05, 4.69) is 26.8 Å². The molecular weight excluding hydrogens is 953 g/mol. The normalized spacial score (nSPS) is 55.1. The lowest BCUT2D eigenvalue weighted by molar-refractivity contribution is -0.376. The van der Waals surface area contributed by atoms with E-state index in [1.807, 2.05) is 6.92 Å². The molecule has 414 valence electrons. The van der Waals surface area contributed by atoms with Crippen molar-refractivity contribution in [1.82, 2.24) is 0 Å². The van der Waals surface area contributed by atoms with Crippen LogP contribution in [-0.4, -0.2) is 228 Å². The van der Waals surface area contributed by atoms with Gasteiger partial charge in [-0.2, -0.15) is 0 Å². The number of allylic oxidation sites excluding steroid dienone is 1. The van der Waals surface area contributed by atoms with Gasteiger partial charge in [-0.15, -0.1) is 0 Å². The molecule has 9 aliphatic rings. The highest BCUT2D eigenvalue weighted by molar-refractivity contribution is 5.26. The van der Waals surface area contributed by atoms with Gasteiger partial charge in [-0.05, 0) is 98.7 Å². The molecule has 0 aromatic heterocycles. The van der Waals surface area contributed by atoms with Crippen LogP contribution in [0.25, 0.3) is 0 Å². The number of fused-ring (bicyclic) bond motifs is 7. The van der Waals surface area contributed by atoms with E-state index >= 15 is 0 Å². The van der Waals surface area contributed by atoms with Crippen LogP contribution in [0.4, 0.5) is 0 Å². The molecular formula is C50H82O22. The maximum Gasteiger partial charge on any atom is 0.187 e. The maximum atomic E-state index is 12.1. The third kappa shape index (κ3) is 9.91. The number of aliphatic hydroxyl groups excluding tert-OH is 12.